The molecule has 0 aliphatic rings. The molecule has 0 fully saturated rings. The van der Waals surface area contributed by atoms with Gasteiger partial charge in [0, 0.05) is 19.7 Å². The molecule has 0 amide bonds. The van der Waals surface area contributed by atoms with Crippen LogP contribution in [0.25, 0.3) is 0 Å². The van der Waals surface area contributed by atoms with Crippen molar-refractivity contribution in [1.29, 1.82) is 0 Å². The number of ether oxygens (including phenoxy) is 1. The normalized spacial score (nSPS) is 12.8. The van der Waals surface area contributed by atoms with Crippen LogP contribution in [0.2, 0.25) is 0 Å². The van der Waals surface area contributed by atoms with Crippen molar-refractivity contribution in [2.24, 2.45) is 0 Å². The average Bonchev–Trinajstić information content (AvgIpc) is 2.56. The van der Waals surface area contributed by atoms with Crippen LogP contribution in [0, 0.1) is 17.0 Å². The Hall–Kier alpha value is -2.29. The number of aryl methyl sites for hydroxylation is 1. The number of hydrogen-bond donors (Lipinski definition) is 1. The molecule has 2 aromatic rings. The van der Waals surface area contributed by atoms with Crippen molar-refractivity contribution in [3.05, 3.63) is 69.8 Å². The largest absolute Gasteiger partial charge is 0.375 e. The summed E-state index contributed by atoms with van der Waals surface area (Å²) < 4.78 is 32.6. The molecule has 1 N–H and O–H groups in total. The van der Waals surface area contributed by atoms with Gasteiger partial charge in [0.25, 0.3) is 5.69 Å². The summed E-state index contributed by atoms with van der Waals surface area (Å²) in [6.07, 6.45) is -0.497. The number of sulfonamides is 1. The zero-order chi connectivity index (χ0) is 17.7. The molecule has 7 nitrogen and oxygen atoms in total. The third-order valence-corrected chi connectivity index (χ3v) is 5.10. The van der Waals surface area contributed by atoms with E-state index in [1.165, 1.54) is 25.3 Å². The Morgan fingerprint density at radius 3 is 2.42 bits per heavy atom. The maximum Gasteiger partial charge on any atom is 0.289 e. The van der Waals surface area contributed by atoms with Crippen molar-refractivity contribution < 1.29 is 18.1 Å². The number of hydrogen-bond acceptors (Lipinski definition) is 5. The van der Waals surface area contributed by atoms with E-state index >= 15 is 0 Å². The Kier molecular flexibility index (Phi) is 5.66. The first-order valence-electron chi connectivity index (χ1n) is 7.18. The highest BCUT2D eigenvalue weighted by atomic mass is 32.2. The van der Waals surface area contributed by atoms with E-state index in [-0.39, 0.29) is 11.4 Å². The molecule has 0 radical (unpaired) electrons. The van der Waals surface area contributed by atoms with Gasteiger partial charge in [0.2, 0.25) is 10.0 Å². The second kappa shape index (κ2) is 7.52. The molecule has 0 heterocycles. The molecule has 2 aromatic carbocycles. The van der Waals surface area contributed by atoms with Gasteiger partial charge in [-0.05, 0) is 24.1 Å². The summed E-state index contributed by atoms with van der Waals surface area (Å²) in [5.74, 6) is 0. The van der Waals surface area contributed by atoms with Crippen LogP contribution >= 0.6 is 0 Å². The summed E-state index contributed by atoms with van der Waals surface area (Å²) in [5.41, 5.74) is 1.36. The molecule has 0 spiro atoms. The lowest BCUT2D eigenvalue weighted by atomic mass is 10.0. The Morgan fingerprint density at radius 2 is 1.79 bits per heavy atom. The monoisotopic (exact) mass is 350 g/mol. The predicted molar refractivity (Wildman–Crippen MR) is 89.2 cm³/mol. The molecule has 0 aliphatic heterocycles. The average molecular weight is 350 g/mol. The molecule has 24 heavy (non-hydrogen) atoms. The fourth-order valence-corrected chi connectivity index (χ4v) is 3.57. The Morgan fingerprint density at radius 1 is 1.17 bits per heavy atom. The maximum atomic E-state index is 12.4. The van der Waals surface area contributed by atoms with Crippen LogP contribution in [0.5, 0.6) is 0 Å². The fourth-order valence-electron chi connectivity index (χ4n) is 2.37. The number of para-hydroxylation sites is 1. The molecule has 1 unspecified atom stereocenters. The SMILES string of the molecule is COC(CNS(=O)(=O)c1ccccc1[N+](=O)[O-])c1ccccc1C. The Balaban J connectivity index is 2.24. The summed E-state index contributed by atoms with van der Waals surface area (Å²) in [4.78, 5) is 9.93. The standard InChI is InChI=1S/C16H18N2O5S/c1-12-7-3-4-8-13(12)15(23-2)11-17-24(21,22)16-10-6-5-9-14(16)18(19)20/h3-10,15,17H,11H2,1-2H3. The van der Waals surface area contributed by atoms with Gasteiger partial charge in [-0.15, -0.1) is 0 Å². The molecular weight excluding hydrogens is 332 g/mol. The van der Waals surface area contributed by atoms with E-state index in [0.717, 1.165) is 17.2 Å². The number of nitrogens with zero attached hydrogens (tertiary/aromatic N) is 1. The first-order valence-corrected chi connectivity index (χ1v) is 8.66. The highest BCUT2D eigenvalue weighted by Crippen LogP contribution is 2.24. The van der Waals surface area contributed by atoms with Gasteiger partial charge >= 0.3 is 0 Å². The Bertz CT molecular complexity index is 836. The van der Waals surface area contributed by atoms with Gasteiger partial charge in [0.1, 0.15) is 0 Å². The second-order valence-electron chi connectivity index (χ2n) is 5.16. The van der Waals surface area contributed by atoms with Crippen LogP contribution in [0.4, 0.5) is 5.69 Å². The summed E-state index contributed by atoms with van der Waals surface area (Å²) in [6, 6.07) is 12.7. The van der Waals surface area contributed by atoms with Crippen LogP contribution < -0.4 is 4.72 Å². The van der Waals surface area contributed by atoms with Crippen LogP contribution in [-0.4, -0.2) is 27.0 Å². The van der Waals surface area contributed by atoms with Crippen molar-refractivity contribution in [3.8, 4) is 0 Å². The van der Waals surface area contributed by atoms with Crippen molar-refractivity contribution in [3.63, 3.8) is 0 Å². The maximum absolute atomic E-state index is 12.4. The zero-order valence-corrected chi connectivity index (χ0v) is 14.1. The molecule has 0 saturated heterocycles. The van der Waals surface area contributed by atoms with Gasteiger partial charge in [0.05, 0.1) is 11.0 Å². The molecule has 0 bridgehead atoms. The quantitative estimate of drug-likeness (QED) is 0.611. The van der Waals surface area contributed by atoms with Crippen LogP contribution in [0.15, 0.2) is 53.4 Å². The van der Waals surface area contributed by atoms with E-state index in [4.69, 9.17) is 4.74 Å². The lowest BCUT2D eigenvalue weighted by molar-refractivity contribution is -0.387. The molecule has 2 rings (SSSR count). The minimum absolute atomic E-state index is 0.0320. The third kappa shape index (κ3) is 3.97. The van der Waals surface area contributed by atoms with Crippen molar-refractivity contribution in [2.45, 2.75) is 17.9 Å². The highest BCUT2D eigenvalue weighted by Gasteiger charge is 2.26. The predicted octanol–water partition coefficient (Wildman–Crippen LogP) is 2.57. The van der Waals surface area contributed by atoms with Crippen molar-refractivity contribution in [1.82, 2.24) is 4.72 Å². The number of nitrogens with one attached hydrogen (secondary N) is 1. The summed E-state index contributed by atoms with van der Waals surface area (Å²) in [5, 5.41) is 11.0. The van der Waals surface area contributed by atoms with E-state index in [1.807, 2.05) is 31.2 Å². The first kappa shape index (κ1) is 18.1. The van der Waals surface area contributed by atoms with Crippen LogP contribution in [0.3, 0.4) is 0 Å². The van der Waals surface area contributed by atoms with E-state index in [9.17, 15) is 18.5 Å². The van der Waals surface area contributed by atoms with Gasteiger partial charge in [-0.2, -0.15) is 0 Å². The molecule has 1 atom stereocenters. The van der Waals surface area contributed by atoms with E-state index in [2.05, 4.69) is 4.72 Å². The van der Waals surface area contributed by atoms with E-state index < -0.39 is 26.7 Å². The number of methoxy groups -OCH3 is 1. The van der Waals surface area contributed by atoms with Crippen LogP contribution in [-0.2, 0) is 14.8 Å². The molecule has 0 aliphatic carbocycles. The molecule has 0 aromatic heterocycles. The number of nitro benzene ring substituents is 1. The summed E-state index contributed by atoms with van der Waals surface area (Å²) >= 11 is 0. The van der Waals surface area contributed by atoms with Crippen LogP contribution in [0.1, 0.15) is 17.2 Å². The minimum atomic E-state index is -4.03. The van der Waals surface area contributed by atoms with E-state index in [0.29, 0.717) is 0 Å². The number of rotatable bonds is 7. The lowest BCUT2D eigenvalue weighted by Gasteiger charge is -2.18. The first-order chi connectivity index (χ1) is 11.4. The number of benzene rings is 2. The second-order valence-corrected chi connectivity index (χ2v) is 6.89. The minimum Gasteiger partial charge on any atom is -0.375 e. The molecule has 0 saturated carbocycles. The fraction of sp³-hybridized carbons (Fsp3) is 0.250. The molecular formula is C16H18N2O5S. The molecule has 128 valence electrons. The summed E-state index contributed by atoms with van der Waals surface area (Å²) in [6.45, 7) is 1.87. The summed E-state index contributed by atoms with van der Waals surface area (Å²) in [7, 11) is -2.55. The van der Waals surface area contributed by atoms with Crippen molar-refractivity contribution in [2.75, 3.05) is 13.7 Å². The smallest absolute Gasteiger partial charge is 0.289 e. The highest BCUT2D eigenvalue weighted by molar-refractivity contribution is 7.89. The van der Waals surface area contributed by atoms with Crippen molar-refractivity contribution >= 4 is 15.7 Å². The number of nitro groups is 1. The van der Waals surface area contributed by atoms with Gasteiger partial charge in [-0.1, -0.05) is 36.4 Å². The van der Waals surface area contributed by atoms with Gasteiger partial charge in [-0.3, -0.25) is 10.1 Å². The van der Waals surface area contributed by atoms with Gasteiger partial charge < -0.3 is 4.74 Å². The van der Waals surface area contributed by atoms with E-state index in [1.54, 1.807) is 0 Å². The van der Waals surface area contributed by atoms with Gasteiger partial charge in [-0.25, -0.2) is 13.1 Å². The zero-order valence-electron chi connectivity index (χ0n) is 13.3. The third-order valence-electron chi connectivity index (χ3n) is 3.63. The topological polar surface area (TPSA) is 98.5 Å². The molecule has 8 heteroatoms. The van der Waals surface area contributed by atoms with Gasteiger partial charge in [0.15, 0.2) is 4.90 Å². The lowest BCUT2D eigenvalue weighted by Crippen LogP contribution is -2.30. The Labute approximate surface area is 140 Å².